The molecule has 0 radical (unpaired) electrons. The van der Waals surface area contributed by atoms with Crippen LogP contribution in [0.15, 0.2) is 0 Å². The molecule has 0 aromatic heterocycles. The van der Waals surface area contributed by atoms with Gasteiger partial charge in [0, 0.05) is 31.2 Å². The van der Waals surface area contributed by atoms with Gasteiger partial charge in [-0.3, -0.25) is 4.90 Å². The average Bonchev–Trinajstić information content (AvgIpc) is 2.46. The highest BCUT2D eigenvalue weighted by Gasteiger charge is 2.34. The summed E-state index contributed by atoms with van der Waals surface area (Å²) in [5, 5.41) is 3.87. The second-order valence-corrected chi connectivity index (χ2v) is 7.16. The number of piperazine rings is 1. The van der Waals surface area contributed by atoms with E-state index in [0.717, 1.165) is 30.0 Å². The fourth-order valence-corrected chi connectivity index (χ4v) is 3.96. The van der Waals surface area contributed by atoms with Gasteiger partial charge >= 0.3 is 0 Å². The number of rotatable bonds is 4. The van der Waals surface area contributed by atoms with Crippen LogP contribution < -0.4 is 5.32 Å². The highest BCUT2D eigenvalue weighted by atomic mass is 15.3. The van der Waals surface area contributed by atoms with Crippen molar-refractivity contribution in [2.45, 2.75) is 84.3 Å². The largest absolute Gasteiger partial charge is 0.311 e. The SMILES string of the molecule is CCC1CNC(C2CCCCC2)CN1C(C)C(C)C. The summed E-state index contributed by atoms with van der Waals surface area (Å²) in [6.07, 6.45) is 8.57. The number of nitrogens with one attached hydrogen (secondary N) is 1. The van der Waals surface area contributed by atoms with E-state index in [1.54, 1.807) is 0 Å². The summed E-state index contributed by atoms with van der Waals surface area (Å²) in [7, 11) is 0. The van der Waals surface area contributed by atoms with E-state index >= 15 is 0 Å². The molecule has 1 aliphatic heterocycles. The Labute approximate surface area is 120 Å². The zero-order chi connectivity index (χ0) is 13.8. The molecule has 2 heteroatoms. The van der Waals surface area contributed by atoms with E-state index in [-0.39, 0.29) is 0 Å². The Morgan fingerprint density at radius 1 is 1.11 bits per heavy atom. The number of hydrogen-bond acceptors (Lipinski definition) is 2. The lowest BCUT2D eigenvalue weighted by molar-refractivity contribution is 0.0451. The topological polar surface area (TPSA) is 15.3 Å². The van der Waals surface area contributed by atoms with Gasteiger partial charge in [-0.2, -0.15) is 0 Å². The van der Waals surface area contributed by atoms with E-state index in [9.17, 15) is 0 Å². The predicted molar refractivity (Wildman–Crippen MR) is 83.5 cm³/mol. The van der Waals surface area contributed by atoms with Gasteiger partial charge in [0.2, 0.25) is 0 Å². The van der Waals surface area contributed by atoms with Gasteiger partial charge in [-0.1, -0.05) is 40.0 Å². The predicted octanol–water partition coefficient (Wildman–Crippen LogP) is 3.66. The van der Waals surface area contributed by atoms with E-state index in [4.69, 9.17) is 0 Å². The molecular formula is C17H34N2. The Morgan fingerprint density at radius 2 is 1.79 bits per heavy atom. The van der Waals surface area contributed by atoms with Crippen molar-refractivity contribution in [1.82, 2.24) is 10.2 Å². The van der Waals surface area contributed by atoms with Gasteiger partial charge < -0.3 is 5.32 Å². The maximum absolute atomic E-state index is 3.87. The maximum atomic E-state index is 3.87. The van der Waals surface area contributed by atoms with Crippen molar-refractivity contribution in [2.24, 2.45) is 11.8 Å². The van der Waals surface area contributed by atoms with E-state index in [1.807, 2.05) is 0 Å². The van der Waals surface area contributed by atoms with Gasteiger partial charge in [0.25, 0.3) is 0 Å². The summed E-state index contributed by atoms with van der Waals surface area (Å²) < 4.78 is 0. The Bertz CT molecular complexity index is 256. The minimum Gasteiger partial charge on any atom is -0.311 e. The quantitative estimate of drug-likeness (QED) is 0.835. The van der Waals surface area contributed by atoms with Crippen LogP contribution in [0.2, 0.25) is 0 Å². The summed E-state index contributed by atoms with van der Waals surface area (Å²) in [4.78, 5) is 2.81. The van der Waals surface area contributed by atoms with Gasteiger partial charge in [0.05, 0.1) is 0 Å². The standard InChI is InChI=1S/C17H34N2/c1-5-16-11-18-17(15-9-7-6-8-10-15)12-19(16)14(4)13(2)3/h13-18H,5-12H2,1-4H3. The average molecular weight is 266 g/mol. The van der Waals surface area contributed by atoms with E-state index < -0.39 is 0 Å². The Kier molecular flexibility index (Phi) is 5.70. The lowest BCUT2D eigenvalue weighted by atomic mass is 9.82. The van der Waals surface area contributed by atoms with Crippen LogP contribution in [0.5, 0.6) is 0 Å². The molecule has 2 fully saturated rings. The third-order valence-electron chi connectivity index (χ3n) is 5.67. The first-order valence-corrected chi connectivity index (χ1v) is 8.62. The lowest BCUT2D eigenvalue weighted by Crippen LogP contribution is -2.61. The molecule has 1 aliphatic carbocycles. The Hall–Kier alpha value is -0.0800. The van der Waals surface area contributed by atoms with Crippen molar-refractivity contribution >= 4 is 0 Å². The normalized spacial score (nSPS) is 32.7. The van der Waals surface area contributed by atoms with Crippen LogP contribution in [-0.4, -0.2) is 36.1 Å². The Morgan fingerprint density at radius 3 is 2.37 bits per heavy atom. The smallest absolute Gasteiger partial charge is 0.0224 e. The third kappa shape index (κ3) is 3.72. The van der Waals surface area contributed by atoms with Gasteiger partial charge in [-0.25, -0.2) is 0 Å². The molecule has 0 amide bonds. The van der Waals surface area contributed by atoms with E-state index in [0.29, 0.717) is 0 Å². The van der Waals surface area contributed by atoms with Crippen LogP contribution in [0, 0.1) is 11.8 Å². The van der Waals surface area contributed by atoms with Crippen LogP contribution in [0.1, 0.15) is 66.2 Å². The van der Waals surface area contributed by atoms with Crippen molar-refractivity contribution < 1.29 is 0 Å². The summed E-state index contributed by atoms with van der Waals surface area (Å²) in [6, 6.07) is 2.22. The van der Waals surface area contributed by atoms with Crippen molar-refractivity contribution in [1.29, 1.82) is 0 Å². The third-order valence-corrected chi connectivity index (χ3v) is 5.67. The van der Waals surface area contributed by atoms with Crippen LogP contribution in [0.25, 0.3) is 0 Å². The van der Waals surface area contributed by atoms with Crippen LogP contribution in [0.3, 0.4) is 0 Å². The van der Waals surface area contributed by atoms with Crippen LogP contribution in [0.4, 0.5) is 0 Å². The number of nitrogens with zero attached hydrogens (tertiary/aromatic N) is 1. The van der Waals surface area contributed by atoms with Crippen LogP contribution in [-0.2, 0) is 0 Å². The van der Waals surface area contributed by atoms with E-state index in [2.05, 4.69) is 37.9 Å². The summed E-state index contributed by atoms with van der Waals surface area (Å²) in [5.74, 6) is 1.70. The summed E-state index contributed by atoms with van der Waals surface area (Å²) in [6.45, 7) is 12.0. The molecule has 1 saturated heterocycles. The maximum Gasteiger partial charge on any atom is 0.0224 e. The van der Waals surface area contributed by atoms with Crippen molar-refractivity contribution in [2.75, 3.05) is 13.1 Å². The summed E-state index contributed by atoms with van der Waals surface area (Å²) >= 11 is 0. The number of hydrogen-bond donors (Lipinski definition) is 1. The first-order chi connectivity index (χ1) is 9.13. The molecule has 0 bridgehead atoms. The first-order valence-electron chi connectivity index (χ1n) is 8.62. The second kappa shape index (κ2) is 7.08. The molecule has 2 aliphatic rings. The van der Waals surface area contributed by atoms with Gasteiger partial charge in [0.15, 0.2) is 0 Å². The first kappa shape index (κ1) is 15.3. The fraction of sp³-hybridized carbons (Fsp3) is 1.00. The molecule has 1 N–H and O–H groups in total. The lowest BCUT2D eigenvalue weighted by Gasteiger charge is -2.47. The van der Waals surface area contributed by atoms with Crippen LogP contribution >= 0.6 is 0 Å². The molecule has 2 nitrogen and oxygen atoms in total. The fourth-order valence-electron chi connectivity index (χ4n) is 3.96. The zero-order valence-electron chi connectivity index (χ0n) is 13.5. The molecule has 1 heterocycles. The molecule has 19 heavy (non-hydrogen) atoms. The van der Waals surface area contributed by atoms with Crippen molar-refractivity contribution in [3.8, 4) is 0 Å². The second-order valence-electron chi connectivity index (χ2n) is 7.16. The molecule has 112 valence electrons. The van der Waals surface area contributed by atoms with Gasteiger partial charge in [-0.15, -0.1) is 0 Å². The highest BCUT2D eigenvalue weighted by Crippen LogP contribution is 2.30. The molecule has 1 saturated carbocycles. The molecule has 3 unspecified atom stereocenters. The molecule has 0 spiro atoms. The van der Waals surface area contributed by atoms with Gasteiger partial charge in [-0.05, 0) is 38.0 Å². The molecule has 0 aromatic rings. The summed E-state index contributed by atoms with van der Waals surface area (Å²) in [5.41, 5.74) is 0. The molecule has 3 atom stereocenters. The molecule has 0 aromatic carbocycles. The van der Waals surface area contributed by atoms with E-state index in [1.165, 1.54) is 51.6 Å². The Balaban J connectivity index is 1.98. The minimum atomic E-state index is 0.721. The van der Waals surface area contributed by atoms with Gasteiger partial charge in [0.1, 0.15) is 0 Å². The van der Waals surface area contributed by atoms with Crippen molar-refractivity contribution in [3.05, 3.63) is 0 Å². The monoisotopic (exact) mass is 266 g/mol. The van der Waals surface area contributed by atoms with Crippen molar-refractivity contribution in [3.63, 3.8) is 0 Å². The minimum absolute atomic E-state index is 0.721. The highest BCUT2D eigenvalue weighted by molar-refractivity contribution is 4.92. The zero-order valence-corrected chi connectivity index (χ0v) is 13.5. The molecular weight excluding hydrogens is 232 g/mol. The molecule has 2 rings (SSSR count).